The van der Waals surface area contributed by atoms with E-state index in [1.807, 2.05) is 0 Å². The number of carboxylic acids is 1. The number of fused-ring (bicyclic) bond motifs is 1. The van der Waals surface area contributed by atoms with Crippen molar-refractivity contribution in [3.63, 3.8) is 0 Å². The molecule has 0 saturated carbocycles. The van der Waals surface area contributed by atoms with Crippen LogP contribution in [0.4, 0.5) is 0 Å². The van der Waals surface area contributed by atoms with Gasteiger partial charge in [-0.15, -0.1) is 0 Å². The molecule has 1 aromatic carbocycles. The van der Waals surface area contributed by atoms with Crippen molar-refractivity contribution >= 4 is 39.1 Å². The van der Waals surface area contributed by atoms with E-state index in [-0.39, 0.29) is 56.3 Å². The number of para-hydroxylation sites is 1. The van der Waals surface area contributed by atoms with Gasteiger partial charge in [-0.25, -0.2) is 0 Å². The predicted molar refractivity (Wildman–Crippen MR) is 56.1 cm³/mol. The van der Waals surface area contributed by atoms with E-state index in [1.165, 1.54) is 0 Å². The molecule has 0 N–H and O–H groups in total. The predicted octanol–water partition coefficient (Wildman–Crippen LogP) is -2.53. The largest absolute Gasteiger partial charge is 1.00 e. The number of nitrogens with zero attached hydrogens (tertiary/aromatic N) is 1. The maximum atomic E-state index is 11.5. The molecule has 0 radical (unpaired) electrons. The van der Waals surface area contributed by atoms with Crippen LogP contribution < -0.4 is 61.4 Å². The molecule has 1 aromatic heterocycles. The smallest absolute Gasteiger partial charge is 0.548 e. The van der Waals surface area contributed by atoms with Crippen LogP contribution in [-0.4, -0.2) is 10.5 Å². The fourth-order valence-electron chi connectivity index (χ4n) is 1.35. The van der Waals surface area contributed by atoms with Crippen molar-refractivity contribution in [1.82, 2.24) is 4.57 Å². The first kappa shape index (κ1) is 14.4. The number of rotatable bonds is 2. The number of carbonyl (C=O) groups excluding carboxylic acids is 1. The minimum Gasteiger partial charge on any atom is -0.548 e. The van der Waals surface area contributed by atoms with Gasteiger partial charge < -0.3 is 9.90 Å². The van der Waals surface area contributed by atoms with Crippen LogP contribution in [0.3, 0.4) is 0 Å². The summed E-state index contributed by atoms with van der Waals surface area (Å²) in [5.41, 5.74) is 0.457. The first-order valence-electron chi connectivity index (χ1n) is 4.07. The third-order valence-electron chi connectivity index (χ3n) is 1.92. The molecule has 0 amide bonds. The maximum Gasteiger partial charge on any atom is 1.00 e. The van der Waals surface area contributed by atoms with Crippen LogP contribution in [0.5, 0.6) is 0 Å². The zero-order chi connectivity index (χ0) is 11.0. The van der Waals surface area contributed by atoms with Crippen LogP contribution in [0.1, 0.15) is 0 Å². The molecule has 0 aliphatic rings. The van der Waals surface area contributed by atoms with E-state index < -0.39 is 12.5 Å². The molecule has 2 rings (SSSR count). The number of aliphatic carboxylic acids is 1. The van der Waals surface area contributed by atoms with Crippen molar-refractivity contribution in [1.29, 1.82) is 0 Å². The summed E-state index contributed by atoms with van der Waals surface area (Å²) in [6.07, 6.45) is 0. The molecule has 78 valence electrons. The normalized spacial score (nSPS) is 10.1. The first-order valence-corrected chi connectivity index (χ1v) is 5.27. The van der Waals surface area contributed by atoms with Gasteiger partial charge in [0.05, 0.1) is 27.8 Å². The molecule has 4 nitrogen and oxygen atoms in total. The van der Waals surface area contributed by atoms with Crippen molar-refractivity contribution in [2.75, 3.05) is 0 Å². The molecule has 0 atom stereocenters. The molecular weight excluding hydrogens is 277 g/mol. The molecule has 1 heterocycles. The first-order chi connectivity index (χ1) is 7.09. The molecular formula is C9H5ClKNO3S. The van der Waals surface area contributed by atoms with Gasteiger partial charge in [0.15, 0.2) is 0 Å². The Bertz CT molecular complexity index is 592. The number of carbonyl (C=O) groups is 1. The second kappa shape index (κ2) is 5.77. The molecule has 0 unspecified atom stereocenters. The standard InChI is InChI=1S/C9H6ClNO3S.K/c10-5-2-1-3-6-8(5)11(4-7(12)13)9(14)15-6;/h1-3H,4H2,(H,12,13);/q;+1/p-1. The van der Waals surface area contributed by atoms with E-state index in [9.17, 15) is 14.7 Å². The van der Waals surface area contributed by atoms with Gasteiger partial charge >= 0.3 is 56.3 Å². The van der Waals surface area contributed by atoms with Gasteiger partial charge in [0, 0.05) is 0 Å². The van der Waals surface area contributed by atoms with Crippen molar-refractivity contribution < 1.29 is 61.3 Å². The minimum atomic E-state index is -1.31. The van der Waals surface area contributed by atoms with Gasteiger partial charge in [-0.3, -0.25) is 9.36 Å². The van der Waals surface area contributed by atoms with E-state index >= 15 is 0 Å². The molecule has 0 bridgehead atoms. The number of thiazole rings is 1. The number of hydrogen-bond donors (Lipinski definition) is 0. The number of hydrogen-bond acceptors (Lipinski definition) is 4. The van der Waals surface area contributed by atoms with Gasteiger partial charge in [0.1, 0.15) is 0 Å². The van der Waals surface area contributed by atoms with Gasteiger partial charge in [-0.05, 0) is 12.1 Å². The van der Waals surface area contributed by atoms with Crippen LogP contribution in [0.15, 0.2) is 23.0 Å². The summed E-state index contributed by atoms with van der Waals surface area (Å²) in [4.78, 5) is 21.6. The molecule has 0 spiro atoms. The van der Waals surface area contributed by atoms with Crippen LogP contribution >= 0.6 is 22.9 Å². The molecule has 0 aliphatic heterocycles. The van der Waals surface area contributed by atoms with E-state index in [0.29, 0.717) is 15.2 Å². The fraction of sp³-hybridized carbons (Fsp3) is 0.111. The quantitative estimate of drug-likeness (QED) is 0.571. The van der Waals surface area contributed by atoms with Crippen molar-refractivity contribution in [2.45, 2.75) is 6.54 Å². The molecule has 0 fully saturated rings. The maximum absolute atomic E-state index is 11.5. The number of aromatic nitrogens is 1. The van der Waals surface area contributed by atoms with Crippen molar-refractivity contribution in [3.8, 4) is 0 Å². The van der Waals surface area contributed by atoms with Gasteiger partial charge in [-0.2, -0.15) is 0 Å². The van der Waals surface area contributed by atoms with Crippen molar-refractivity contribution in [2.24, 2.45) is 0 Å². The Kier molecular flexibility index (Phi) is 5.18. The van der Waals surface area contributed by atoms with Crippen LogP contribution in [-0.2, 0) is 11.3 Å². The Hall–Kier alpha value is 0.306. The summed E-state index contributed by atoms with van der Waals surface area (Å²) < 4.78 is 1.78. The molecule has 0 aliphatic carbocycles. The SMILES string of the molecule is O=C([O-])Cn1c(=O)sc2cccc(Cl)c21.[K+]. The average Bonchev–Trinajstić information content (AvgIpc) is 2.43. The minimum absolute atomic E-state index is 0. The summed E-state index contributed by atoms with van der Waals surface area (Å²) in [7, 11) is 0. The summed E-state index contributed by atoms with van der Waals surface area (Å²) in [5, 5.41) is 10.8. The van der Waals surface area contributed by atoms with E-state index in [1.54, 1.807) is 18.2 Å². The molecule has 16 heavy (non-hydrogen) atoms. The van der Waals surface area contributed by atoms with Crippen molar-refractivity contribution in [3.05, 3.63) is 32.9 Å². The second-order valence-corrected chi connectivity index (χ2v) is 4.31. The number of benzene rings is 1. The zero-order valence-corrected chi connectivity index (χ0v) is 13.1. The zero-order valence-electron chi connectivity index (χ0n) is 8.40. The number of halogens is 1. The second-order valence-electron chi connectivity index (χ2n) is 2.91. The third-order valence-corrected chi connectivity index (χ3v) is 3.17. The van der Waals surface area contributed by atoms with Crippen LogP contribution in [0.2, 0.25) is 5.02 Å². The fourth-order valence-corrected chi connectivity index (χ4v) is 2.60. The summed E-state index contributed by atoms with van der Waals surface area (Å²) in [5.74, 6) is -1.31. The number of carboxylic acid groups (broad SMARTS) is 1. The summed E-state index contributed by atoms with van der Waals surface area (Å²) in [6.45, 7) is -0.470. The van der Waals surface area contributed by atoms with Crippen LogP contribution in [0, 0.1) is 0 Å². The molecule has 0 saturated heterocycles. The topological polar surface area (TPSA) is 62.1 Å². The Balaban J connectivity index is 0.00000128. The Morgan fingerprint density at radius 2 is 2.19 bits per heavy atom. The van der Waals surface area contributed by atoms with E-state index in [2.05, 4.69) is 0 Å². The monoisotopic (exact) mass is 281 g/mol. The van der Waals surface area contributed by atoms with E-state index in [0.717, 1.165) is 15.9 Å². The van der Waals surface area contributed by atoms with Gasteiger partial charge in [0.2, 0.25) is 0 Å². The molecule has 7 heteroatoms. The van der Waals surface area contributed by atoms with E-state index in [4.69, 9.17) is 11.6 Å². The van der Waals surface area contributed by atoms with Crippen LogP contribution in [0.25, 0.3) is 10.2 Å². The summed E-state index contributed by atoms with van der Waals surface area (Å²) >= 11 is 6.86. The average molecular weight is 282 g/mol. The third kappa shape index (κ3) is 2.76. The van der Waals surface area contributed by atoms with Gasteiger partial charge in [0.25, 0.3) is 0 Å². The Morgan fingerprint density at radius 1 is 1.50 bits per heavy atom. The Labute approximate surface area is 142 Å². The summed E-state index contributed by atoms with van der Waals surface area (Å²) in [6, 6.07) is 5.05. The molecule has 2 aromatic rings. The Morgan fingerprint density at radius 3 is 2.81 bits per heavy atom. The van der Waals surface area contributed by atoms with Gasteiger partial charge in [-0.1, -0.05) is 29.0 Å².